The van der Waals surface area contributed by atoms with Gasteiger partial charge in [-0.1, -0.05) is 30.3 Å². The third kappa shape index (κ3) is 2.48. The Hall–Kier alpha value is -3.38. The molecule has 4 heterocycles. The number of benzene rings is 1. The topological polar surface area (TPSA) is 54.9 Å². The first-order valence-corrected chi connectivity index (χ1v) is 9.04. The molecule has 0 spiro atoms. The molecular weight excluding hydrogens is 342 g/mol. The van der Waals surface area contributed by atoms with Gasteiger partial charge in [0.15, 0.2) is 5.82 Å². The first-order chi connectivity index (χ1) is 12.9. The van der Waals surface area contributed by atoms with Gasteiger partial charge in [-0.05, 0) is 35.7 Å². The summed E-state index contributed by atoms with van der Waals surface area (Å²) >= 11 is 1.64. The van der Waals surface area contributed by atoms with Gasteiger partial charge in [0.2, 0.25) is 0 Å². The standard InChI is InChI=1S/C20H13N5S/c1-2-12-25-17(10-1)22-19(16-9-5-13-26-16)20(25)24-23-15-8-3-6-14-7-4-11-21-18(14)15/h1-13H. The molecule has 0 N–H and O–H groups in total. The second-order valence-corrected chi connectivity index (χ2v) is 6.69. The highest BCUT2D eigenvalue weighted by Gasteiger charge is 2.14. The predicted octanol–water partition coefficient (Wildman–Crippen LogP) is 6.03. The summed E-state index contributed by atoms with van der Waals surface area (Å²) in [5.41, 5.74) is 3.26. The van der Waals surface area contributed by atoms with Gasteiger partial charge in [0, 0.05) is 17.8 Å². The highest BCUT2D eigenvalue weighted by Crippen LogP contribution is 2.35. The molecule has 6 heteroatoms. The molecule has 5 aromatic rings. The first-order valence-electron chi connectivity index (χ1n) is 8.16. The predicted molar refractivity (Wildman–Crippen MR) is 104 cm³/mol. The number of azo groups is 1. The van der Waals surface area contributed by atoms with Gasteiger partial charge < -0.3 is 0 Å². The number of rotatable bonds is 3. The third-order valence-electron chi connectivity index (χ3n) is 4.12. The molecule has 0 amide bonds. The lowest BCUT2D eigenvalue weighted by molar-refractivity contribution is 1.11. The monoisotopic (exact) mass is 355 g/mol. The Kier molecular flexibility index (Phi) is 3.54. The van der Waals surface area contributed by atoms with Crippen molar-refractivity contribution in [2.24, 2.45) is 10.2 Å². The van der Waals surface area contributed by atoms with Crippen LogP contribution >= 0.6 is 11.3 Å². The maximum atomic E-state index is 4.73. The van der Waals surface area contributed by atoms with E-state index in [-0.39, 0.29) is 0 Å². The summed E-state index contributed by atoms with van der Waals surface area (Å²) in [6.07, 6.45) is 3.72. The largest absolute Gasteiger partial charge is 0.283 e. The van der Waals surface area contributed by atoms with E-state index < -0.39 is 0 Å². The van der Waals surface area contributed by atoms with Gasteiger partial charge in [0.25, 0.3) is 0 Å². The number of pyridine rings is 2. The van der Waals surface area contributed by atoms with Crippen molar-refractivity contribution < 1.29 is 0 Å². The molecule has 26 heavy (non-hydrogen) atoms. The van der Waals surface area contributed by atoms with Crippen molar-refractivity contribution in [1.82, 2.24) is 14.4 Å². The van der Waals surface area contributed by atoms with Gasteiger partial charge in [0.05, 0.1) is 10.4 Å². The Balaban J connectivity index is 1.69. The molecule has 0 aliphatic rings. The van der Waals surface area contributed by atoms with E-state index in [1.165, 1.54) is 0 Å². The van der Waals surface area contributed by atoms with Crippen molar-refractivity contribution in [1.29, 1.82) is 0 Å². The van der Waals surface area contributed by atoms with Gasteiger partial charge in [-0.15, -0.1) is 21.6 Å². The molecule has 0 saturated heterocycles. The van der Waals surface area contributed by atoms with Crippen LogP contribution in [-0.4, -0.2) is 14.4 Å². The molecule has 1 aromatic carbocycles. The summed E-state index contributed by atoms with van der Waals surface area (Å²) < 4.78 is 1.96. The van der Waals surface area contributed by atoms with Crippen molar-refractivity contribution >= 4 is 39.4 Å². The second-order valence-electron chi connectivity index (χ2n) is 5.74. The summed E-state index contributed by atoms with van der Waals surface area (Å²) in [5, 5.41) is 12.1. The zero-order valence-corrected chi connectivity index (χ0v) is 14.5. The van der Waals surface area contributed by atoms with Crippen LogP contribution in [0.25, 0.3) is 27.1 Å². The van der Waals surface area contributed by atoms with Crippen LogP contribution in [0.4, 0.5) is 11.5 Å². The van der Waals surface area contributed by atoms with Crippen LogP contribution in [0.3, 0.4) is 0 Å². The molecule has 5 rings (SSSR count). The van der Waals surface area contributed by atoms with E-state index in [1.807, 2.05) is 76.6 Å². The van der Waals surface area contributed by atoms with Crippen molar-refractivity contribution in [2.75, 3.05) is 0 Å². The molecule has 0 bridgehead atoms. The number of imidazole rings is 1. The van der Waals surface area contributed by atoms with Crippen LogP contribution in [0.5, 0.6) is 0 Å². The molecule has 0 unspecified atom stereocenters. The van der Waals surface area contributed by atoms with E-state index in [1.54, 1.807) is 17.5 Å². The Labute approximate surface area is 153 Å². The number of nitrogens with zero attached hydrogens (tertiary/aromatic N) is 5. The summed E-state index contributed by atoms with van der Waals surface area (Å²) in [6, 6.07) is 19.8. The normalized spacial score (nSPS) is 11.7. The minimum absolute atomic E-state index is 0.719. The van der Waals surface area contributed by atoms with Gasteiger partial charge >= 0.3 is 0 Å². The van der Waals surface area contributed by atoms with Crippen LogP contribution in [0, 0.1) is 0 Å². The Morgan fingerprint density at radius 1 is 0.885 bits per heavy atom. The van der Waals surface area contributed by atoms with Gasteiger partial charge in [0.1, 0.15) is 17.0 Å². The lowest BCUT2D eigenvalue weighted by atomic mass is 10.2. The fraction of sp³-hybridized carbons (Fsp3) is 0. The molecule has 124 valence electrons. The number of para-hydroxylation sites is 1. The van der Waals surface area contributed by atoms with Crippen LogP contribution in [0.15, 0.2) is 88.7 Å². The summed E-state index contributed by atoms with van der Waals surface area (Å²) in [7, 11) is 0. The van der Waals surface area contributed by atoms with Crippen molar-refractivity contribution in [3.05, 3.63) is 78.4 Å². The van der Waals surface area contributed by atoms with Crippen molar-refractivity contribution in [2.45, 2.75) is 0 Å². The summed E-state index contributed by atoms with van der Waals surface area (Å²) in [6.45, 7) is 0. The fourth-order valence-electron chi connectivity index (χ4n) is 2.93. The highest BCUT2D eigenvalue weighted by atomic mass is 32.1. The second kappa shape index (κ2) is 6.16. The zero-order valence-electron chi connectivity index (χ0n) is 13.6. The van der Waals surface area contributed by atoms with Crippen LogP contribution < -0.4 is 0 Å². The number of hydrogen-bond acceptors (Lipinski definition) is 5. The van der Waals surface area contributed by atoms with Crippen LogP contribution in [0.2, 0.25) is 0 Å². The number of fused-ring (bicyclic) bond motifs is 2. The van der Waals surface area contributed by atoms with Crippen LogP contribution in [-0.2, 0) is 0 Å². The molecule has 4 aromatic heterocycles. The summed E-state index contributed by atoms with van der Waals surface area (Å²) in [5.74, 6) is 0.719. The molecule has 5 nitrogen and oxygen atoms in total. The van der Waals surface area contributed by atoms with Gasteiger partial charge in [-0.2, -0.15) is 0 Å². The van der Waals surface area contributed by atoms with Crippen molar-refractivity contribution in [3.8, 4) is 10.6 Å². The molecular formula is C20H13N5S. The number of aromatic nitrogens is 3. The van der Waals surface area contributed by atoms with E-state index >= 15 is 0 Å². The van der Waals surface area contributed by atoms with Crippen molar-refractivity contribution in [3.63, 3.8) is 0 Å². The van der Waals surface area contributed by atoms with E-state index in [9.17, 15) is 0 Å². The molecule has 0 aliphatic heterocycles. The minimum Gasteiger partial charge on any atom is -0.283 e. The van der Waals surface area contributed by atoms with E-state index in [2.05, 4.69) is 15.2 Å². The van der Waals surface area contributed by atoms with Crippen LogP contribution in [0.1, 0.15) is 0 Å². The van der Waals surface area contributed by atoms with Gasteiger partial charge in [-0.3, -0.25) is 9.38 Å². The minimum atomic E-state index is 0.719. The average molecular weight is 355 g/mol. The zero-order chi connectivity index (χ0) is 17.3. The van der Waals surface area contributed by atoms with E-state index in [4.69, 9.17) is 4.98 Å². The molecule has 0 aliphatic carbocycles. The molecule has 0 fully saturated rings. The Morgan fingerprint density at radius 3 is 2.77 bits per heavy atom. The molecule has 0 saturated carbocycles. The maximum absolute atomic E-state index is 4.73. The first kappa shape index (κ1) is 14.9. The van der Waals surface area contributed by atoms with E-state index in [0.717, 1.165) is 38.6 Å². The smallest absolute Gasteiger partial charge is 0.188 e. The quantitative estimate of drug-likeness (QED) is 0.371. The Bertz CT molecular complexity index is 1230. The van der Waals surface area contributed by atoms with E-state index in [0.29, 0.717) is 0 Å². The molecule has 0 atom stereocenters. The number of hydrogen-bond donors (Lipinski definition) is 0. The SMILES string of the molecule is c1csc(-c2nc3ccccn3c2N=Nc2cccc3cccnc23)c1. The lowest BCUT2D eigenvalue weighted by Crippen LogP contribution is -1.81. The summed E-state index contributed by atoms with van der Waals surface area (Å²) in [4.78, 5) is 10.2. The Morgan fingerprint density at radius 2 is 1.85 bits per heavy atom. The maximum Gasteiger partial charge on any atom is 0.188 e. The number of thiophene rings is 1. The average Bonchev–Trinajstić information content (AvgIpc) is 3.34. The highest BCUT2D eigenvalue weighted by molar-refractivity contribution is 7.13. The fourth-order valence-corrected chi connectivity index (χ4v) is 3.64. The van der Waals surface area contributed by atoms with Gasteiger partial charge in [-0.25, -0.2) is 4.98 Å². The molecule has 0 radical (unpaired) electrons. The third-order valence-corrected chi connectivity index (χ3v) is 5.00. The lowest BCUT2D eigenvalue weighted by Gasteiger charge is -2.00.